The van der Waals surface area contributed by atoms with Crippen LogP contribution in [0.1, 0.15) is 16.4 Å². The molecule has 1 fully saturated rings. The van der Waals surface area contributed by atoms with Crippen molar-refractivity contribution >= 4 is 16.8 Å². The number of nitrogens with one attached hydrogen (secondary N) is 1. The average Bonchev–Trinajstić information content (AvgIpc) is 3.39. The lowest BCUT2D eigenvalue weighted by atomic mass is 10.1. The molecule has 9 nitrogen and oxygen atoms in total. The molecule has 1 aliphatic heterocycles. The molecule has 1 N–H and O–H groups in total. The van der Waals surface area contributed by atoms with Gasteiger partial charge in [0.2, 0.25) is 11.7 Å². The minimum atomic E-state index is -0.0290. The zero-order chi connectivity index (χ0) is 19.8. The summed E-state index contributed by atoms with van der Waals surface area (Å²) in [7, 11) is 0. The lowest BCUT2D eigenvalue weighted by Gasteiger charge is -2.26. The third-order valence-electron chi connectivity index (χ3n) is 4.84. The topological polar surface area (TPSA) is 110 Å². The van der Waals surface area contributed by atoms with Crippen LogP contribution in [0.15, 0.2) is 41.2 Å². The van der Waals surface area contributed by atoms with Crippen LogP contribution in [0.2, 0.25) is 0 Å². The third kappa shape index (κ3) is 3.36. The number of carbonyl (C=O) groups is 1. The normalized spacial score (nSPS) is 14.4. The maximum absolute atomic E-state index is 12.7. The first-order valence-corrected chi connectivity index (χ1v) is 9.30. The van der Waals surface area contributed by atoms with Crippen LogP contribution >= 0.6 is 0 Å². The predicted molar refractivity (Wildman–Crippen MR) is 104 cm³/mol. The largest absolute Gasteiger partial charge is 0.378 e. The molecule has 0 aromatic carbocycles. The van der Waals surface area contributed by atoms with Crippen molar-refractivity contribution in [1.82, 2.24) is 30.0 Å². The first-order valence-electron chi connectivity index (χ1n) is 9.30. The first-order chi connectivity index (χ1) is 14.2. The highest BCUT2D eigenvalue weighted by molar-refractivity contribution is 5.98. The standard InChI is InChI=1S/C20H18N6O3/c1-12-23-19(25-29-12)13-2-3-21-15(8-13)16-9-14-10-17(24-18(14)11-22-16)20(27)26-4-6-28-7-5-26/h2-3,8-11,24H,4-7H2,1H3. The number of hydrogen-bond donors (Lipinski definition) is 1. The lowest BCUT2D eigenvalue weighted by Crippen LogP contribution is -2.40. The minimum Gasteiger partial charge on any atom is -0.378 e. The highest BCUT2D eigenvalue weighted by atomic mass is 16.5. The van der Waals surface area contributed by atoms with Crippen molar-refractivity contribution < 1.29 is 14.1 Å². The molecule has 1 amide bonds. The fraction of sp³-hybridized carbons (Fsp3) is 0.250. The van der Waals surface area contributed by atoms with Crippen molar-refractivity contribution in [3.63, 3.8) is 0 Å². The maximum Gasteiger partial charge on any atom is 0.270 e. The number of aromatic amines is 1. The SMILES string of the molecule is Cc1nc(-c2ccnc(-c3cc4cc(C(=O)N5CCOCC5)[nH]c4cn3)c2)no1. The molecule has 0 bridgehead atoms. The fourth-order valence-corrected chi connectivity index (χ4v) is 3.35. The maximum atomic E-state index is 12.7. The summed E-state index contributed by atoms with van der Waals surface area (Å²) in [5.41, 5.74) is 3.53. The summed E-state index contributed by atoms with van der Waals surface area (Å²) in [6.07, 6.45) is 3.40. The Labute approximate surface area is 165 Å². The van der Waals surface area contributed by atoms with Gasteiger partial charge in [-0.25, -0.2) is 0 Å². The Hall–Kier alpha value is -3.59. The second-order valence-corrected chi connectivity index (χ2v) is 6.81. The summed E-state index contributed by atoms with van der Waals surface area (Å²) in [5, 5.41) is 4.84. The number of hydrogen-bond acceptors (Lipinski definition) is 7. The second-order valence-electron chi connectivity index (χ2n) is 6.81. The number of nitrogens with zero attached hydrogens (tertiary/aromatic N) is 5. The number of amides is 1. The third-order valence-corrected chi connectivity index (χ3v) is 4.84. The Morgan fingerprint density at radius 3 is 2.76 bits per heavy atom. The summed E-state index contributed by atoms with van der Waals surface area (Å²) in [5.74, 6) is 0.980. The molecule has 29 heavy (non-hydrogen) atoms. The molecule has 0 atom stereocenters. The van der Waals surface area contributed by atoms with E-state index in [9.17, 15) is 4.79 Å². The van der Waals surface area contributed by atoms with Crippen LogP contribution in [0.4, 0.5) is 0 Å². The molecule has 0 spiro atoms. The number of aromatic nitrogens is 5. The van der Waals surface area contributed by atoms with Gasteiger partial charge in [-0.3, -0.25) is 14.8 Å². The summed E-state index contributed by atoms with van der Waals surface area (Å²) >= 11 is 0. The van der Waals surface area contributed by atoms with Gasteiger partial charge in [0, 0.05) is 37.2 Å². The molecule has 1 aliphatic rings. The van der Waals surface area contributed by atoms with Gasteiger partial charge in [-0.15, -0.1) is 0 Å². The number of morpholine rings is 1. The molecule has 4 aromatic heterocycles. The lowest BCUT2D eigenvalue weighted by molar-refractivity contribution is 0.0299. The highest BCUT2D eigenvalue weighted by Crippen LogP contribution is 2.25. The number of ether oxygens (including phenoxy) is 1. The van der Waals surface area contributed by atoms with Crippen LogP contribution < -0.4 is 0 Å². The van der Waals surface area contributed by atoms with Crippen LogP contribution in [0.5, 0.6) is 0 Å². The Morgan fingerprint density at radius 1 is 1.14 bits per heavy atom. The molecule has 1 saturated heterocycles. The number of rotatable bonds is 3. The van der Waals surface area contributed by atoms with E-state index in [2.05, 4.69) is 25.1 Å². The zero-order valence-electron chi connectivity index (χ0n) is 15.8. The molecule has 0 aliphatic carbocycles. The van der Waals surface area contributed by atoms with Gasteiger partial charge in [0.1, 0.15) is 5.69 Å². The van der Waals surface area contributed by atoms with Gasteiger partial charge < -0.3 is 19.1 Å². The van der Waals surface area contributed by atoms with Crippen LogP contribution in [0.25, 0.3) is 33.7 Å². The number of fused-ring (bicyclic) bond motifs is 1. The van der Waals surface area contributed by atoms with Crippen LogP contribution in [-0.2, 0) is 4.74 Å². The van der Waals surface area contributed by atoms with E-state index in [4.69, 9.17) is 9.26 Å². The van der Waals surface area contributed by atoms with Gasteiger partial charge in [0.15, 0.2) is 0 Å². The van der Waals surface area contributed by atoms with E-state index in [0.717, 1.165) is 16.5 Å². The van der Waals surface area contributed by atoms with Crippen LogP contribution in [0.3, 0.4) is 0 Å². The second kappa shape index (κ2) is 7.10. The summed E-state index contributed by atoms with van der Waals surface area (Å²) < 4.78 is 10.4. The van der Waals surface area contributed by atoms with Gasteiger partial charge in [-0.1, -0.05) is 5.16 Å². The molecule has 4 aromatic rings. The first kappa shape index (κ1) is 17.5. The van der Waals surface area contributed by atoms with Gasteiger partial charge >= 0.3 is 0 Å². The Kier molecular flexibility index (Phi) is 4.28. The summed E-state index contributed by atoms with van der Waals surface area (Å²) in [6.45, 7) is 4.09. The Morgan fingerprint density at radius 2 is 1.97 bits per heavy atom. The molecule has 9 heteroatoms. The van der Waals surface area contributed by atoms with Crippen molar-refractivity contribution in [1.29, 1.82) is 0 Å². The van der Waals surface area contributed by atoms with Crippen LogP contribution in [-0.4, -0.2) is 62.2 Å². The van der Waals surface area contributed by atoms with Crippen molar-refractivity contribution in [2.24, 2.45) is 0 Å². The number of pyridine rings is 2. The number of H-pyrrole nitrogens is 1. The zero-order valence-corrected chi connectivity index (χ0v) is 15.8. The summed E-state index contributed by atoms with van der Waals surface area (Å²) in [6, 6.07) is 7.45. The Bertz CT molecular complexity index is 1190. The molecule has 5 rings (SSSR count). The van der Waals surface area contributed by atoms with Crippen LogP contribution in [0, 0.1) is 6.92 Å². The molecular formula is C20H18N6O3. The smallest absolute Gasteiger partial charge is 0.270 e. The Balaban J connectivity index is 1.46. The van der Waals surface area contributed by atoms with Crippen molar-refractivity contribution in [2.75, 3.05) is 26.3 Å². The van der Waals surface area contributed by atoms with E-state index in [0.29, 0.717) is 55.1 Å². The van der Waals surface area contributed by atoms with Gasteiger partial charge in [0.05, 0.1) is 36.3 Å². The van der Waals surface area contributed by atoms with E-state index < -0.39 is 0 Å². The van der Waals surface area contributed by atoms with E-state index in [1.807, 2.05) is 24.3 Å². The molecular weight excluding hydrogens is 372 g/mol. The number of aryl methyl sites for hydroxylation is 1. The van der Waals surface area contributed by atoms with Gasteiger partial charge in [-0.05, 0) is 24.3 Å². The minimum absolute atomic E-state index is 0.0290. The van der Waals surface area contributed by atoms with E-state index in [1.165, 1.54) is 0 Å². The van der Waals surface area contributed by atoms with E-state index in [-0.39, 0.29) is 5.91 Å². The van der Waals surface area contributed by atoms with Gasteiger partial charge in [0.25, 0.3) is 5.91 Å². The molecule has 0 saturated carbocycles. The van der Waals surface area contributed by atoms with Gasteiger partial charge in [-0.2, -0.15) is 4.98 Å². The average molecular weight is 390 g/mol. The summed E-state index contributed by atoms with van der Waals surface area (Å²) in [4.78, 5) is 30.8. The van der Waals surface area contributed by atoms with Crippen molar-refractivity contribution in [2.45, 2.75) is 6.92 Å². The fourth-order valence-electron chi connectivity index (χ4n) is 3.35. The van der Waals surface area contributed by atoms with Crippen molar-refractivity contribution in [3.8, 4) is 22.8 Å². The van der Waals surface area contributed by atoms with E-state index in [1.54, 1.807) is 24.2 Å². The quantitative estimate of drug-likeness (QED) is 0.572. The van der Waals surface area contributed by atoms with E-state index >= 15 is 0 Å². The monoisotopic (exact) mass is 390 g/mol. The number of carbonyl (C=O) groups excluding carboxylic acids is 1. The molecule has 5 heterocycles. The predicted octanol–water partition coefficient (Wildman–Crippen LogP) is 2.46. The molecule has 0 radical (unpaired) electrons. The molecule has 146 valence electrons. The highest BCUT2D eigenvalue weighted by Gasteiger charge is 2.20. The molecule has 0 unspecified atom stereocenters. The van der Waals surface area contributed by atoms with Crippen molar-refractivity contribution in [3.05, 3.63) is 48.2 Å².